The number of nitrogens with one attached hydrogen (secondary N) is 1. The van der Waals surface area contributed by atoms with Crippen molar-refractivity contribution in [3.63, 3.8) is 0 Å². The van der Waals surface area contributed by atoms with E-state index in [0.717, 1.165) is 19.3 Å². The minimum absolute atomic E-state index is 0.410. The summed E-state index contributed by atoms with van der Waals surface area (Å²) in [5.41, 5.74) is -0.526. The molecule has 2 saturated heterocycles. The fourth-order valence-corrected chi connectivity index (χ4v) is 2.67. The highest BCUT2D eigenvalue weighted by Crippen LogP contribution is 2.34. The Bertz CT molecular complexity index is 216. The number of rotatable bonds is 5. The van der Waals surface area contributed by atoms with E-state index >= 15 is 0 Å². The summed E-state index contributed by atoms with van der Waals surface area (Å²) in [6, 6.07) is 0.480. The second-order valence-electron chi connectivity index (χ2n) is 5.03. The van der Waals surface area contributed by atoms with Crippen LogP contribution in [0.2, 0.25) is 0 Å². The quantitative estimate of drug-likeness (QED) is 0.726. The molecule has 15 heavy (non-hydrogen) atoms. The topological polar surface area (TPSA) is 41.5 Å². The van der Waals surface area contributed by atoms with Gasteiger partial charge in [-0.2, -0.15) is 0 Å². The van der Waals surface area contributed by atoms with E-state index in [1.165, 1.54) is 12.8 Å². The van der Waals surface area contributed by atoms with Crippen molar-refractivity contribution in [2.24, 2.45) is 0 Å². The molecule has 3 unspecified atom stereocenters. The van der Waals surface area contributed by atoms with Crippen LogP contribution in [0.25, 0.3) is 0 Å². The predicted molar refractivity (Wildman–Crippen MR) is 59.8 cm³/mol. The summed E-state index contributed by atoms with van der Waals surface area (Å²) in [5.74, 6) is 0. The molecule has 0 aliphatic carbocycles. The van der Waals surface area contributed by atoms with E-state index in [-0.39, 0.29) is 0 Å². The molecule has 0 radical (unpaired) electrons. The molecule has 0 aromatic heterocycles. The van der Waals surface area contributed by atoms with Crippen LogP contribution in [-0.4, -0.2) is 35.5 Å². The summed E-state index contributed by atoms with van der Waals surface area (Å²) in [4.78, 5) is 0. The molecule has 0 amide bonds. The van der Waals surface area contributed by atoms with E-state index in [9.17, 15) is 5.11 Å². The standard InChI is InChI=1S/C12H23NO2/c1-3-12(14,4-2)8-13-10-7-9-5-6-11(10)15-9/h9-11,13-14H,3-8H2,1-2H3. The summed E-state index contributed by atoms with van der Waals surface area (Å²) >= 11 is 0. The van der Waals surface area contributed by atoms with E-state index < -0.39 is 5.60 Å². The van der Waals surface area contributed by atoms with Crippen LogP contribution in [-0.2, 0) is 4.74 Å². The zero-order valence-corrected chi connectivity index (χ0v) is 9.83. The van der Waals surface area contributed by atoms with Crippen LogP contribution in [0, 0.1) is 0 Å². The van der Waals surface area contributed by atoms with Crippen LogP contribution in [0.4, 0.5) is 0 Å². The average Bonchev–Trinajstić information content (AvgIpc) is 2.87. The average molecular weight is 213 g/mol. The SMILES string of the molecule is CCC(O)(CC)CNC1CC2CCC1O2. The van der Waals surface area contributed by atoms with E-state index in [4.69, 9.17) is 4.74 Å². The Morgan fingerprint density at radius 2 is 2.07 bits per heavy atom. The van der Waals surface area contributed by atoms with Gasteiger partial charge in [-0.05, 0) is 32.1 Å². The first-order chi connectivity index (χ1) is 7.17. The number of fused-ring (bicyclic) bond motifs is 2. The van der Waals surface area contributed by atoms with Crippen LogP contribution >= 0.6 is 0 Å². The number of hydrogen-bond acceptors (Lipinski definition) is 3. The highest BCUT2D eigenvalue weighted by atomic mass is 16.5. The van der Waals surface area contributed by atoms with Gasteiger partial charge in [-0.25, -0.2) is 0 Å². The molecular weight excluding hydrogens is 190 g/mol. The molecule has 3 nitrogen and oxygen atoms in total. The van der Waals surface area contributed by atoms with Gasteiger partial charge in [0, 0.05) is 12.6 Å². The molecule has 2 rings (SSSR count). The summed E-state index contributed by atoms with van der Waals surface area (Å²) in [6.07, 6.45) is 6.09. The molecule has 3 atom stereocenters. The van der Waals surface area contributed by atoms with Gasteiger partial charge < -0.3 is 15.2 Å². The van der Waals surface area contributed by atoms with Gasteiger partial charge in [0.1, 0.15) is 0 Å². The molecule has 2 heterocycles. The van der Waals surface area contributed by atoms with Crippen LogP contribution in [0.15, 0.2) is 0 Å². The van der Waals surface area contributed by atoms with Crippen molar-refractivity contribution in [2.75, 3.05) is 6.54 Å². The zero-order valence-electron chi connectivity index (χ0n) is 9.83. The highest BCUT2D eigenvalue weighted by Gasteiger charge is 2.41. The van der Waals surface area contributed by atoms with Gasteiger partial charge in [-0.1, -0.05) is 13.8 Å². The maximum atomic E-state index is 10.2. The minimum Gasteiger partial charge on any atom is -0.389 e. The first-order valence-corrected chi connectivity index (χ1v) is 6.28. The second-order valence-corrected chi connectivity index (χ2v) is 5.03. The lowest BCUT2D eigenvalue weighted by Gasteiger charge is -2.29. The molecule has 0 aromatic rings. The first kappa shape index (κ1) is 11.4. The van der Waals surface area contributed by atoms with Gasteiger partial charge in [-0.3, -0.25) is 0 Å². The molecule has 3 heteroatoms. The van der Waals surface area contributed by atoms with Crippen molar-refractivity contribution in [1.82, 2.24) is 5.32 Å². The normalized spacial score (nSPS) is 35.0. The van der Waals surface area contributed by atoms with Crippen molar-refractivity contribution in [2.45, 2.75) is 69.8 Å². The lowest BCUT2D eigenvalue weighted by Crippen LogP contribution is -2.47. The van der Waals surface area contributed by atoms with Crippen molar-refractivity contribution >= 4 is 0 Å². The molecule has 88 valence electrons. The van der Waals surface area contributed by atoms with Gasteiger partial charge in [-0.15, -0.1) is 0 Å². The fourth-order valence-electron chi connectivity index (χ4n) is 2.67. The lowest BCUT2D eigenvalue weighted by molar-refractivity contribution is 0.0263. The Kier molecular flexibility index (Phi) is 3.33. The van der Waals surface area contributed by atoms with E-state index in [1.807, 2.05) is 13.8 Å². The molecule has 2 bridgehead atoms. The number of ether oxygens (including phenoxy) is 1. The molecular formula is C12H23NO2. The van der Waals surface area contributed by atoms with Gasteiger partial charge in [0.05, 0.1) is 17.8 Å². The number of aliphatic hydroxyl groups is 1. The Hall–Kier alpha value is -0.120. The third kappa shape index (κ3) is 2.35. The Labute approximate surface area is 92.2 Å². The molecule has 2 fully saturated rings. The predicted octanol–water partition coefficient (Wildman–Crippen LogP) is 1.45. The monoisotopic (exact) mass is 213 g/mol. The lowest BCUT2D eigenvalue weighted by atomic mass is 9.93. The van der Waals surface area contributed by atoms with Crippen molar-refractivity contribution in [3.05, 3.63) is 0 Å². The van der Waals surface area contributed by atoms with Crippen LogP contribution in [0.3, 0.4) is 0 Å². The molecule has 2 N–H and O–H groups in total. The van der Waals surface area contributed by atoms with E-state index in [0.29, 0.717) is 24.8 Å². The summed E-state index contributed by atoms with van der Waals surface area (Å²) in [6.45, 7) is 4.79. The third-order valence-electron chi connectivity index (χ3n) is 4.12. The molecule has 2 aliphatic rings. The summed E-state index contributed by atoms with van der Waals surface area (Å²) in [5, 5.41) is 13.6. The van der Waals surface area contributed by atoms with E-state index in [2.05, 4.69) is 5.32 Å². The third-order valence-corrected chi connectivity index (χ3v) is 4.12. The largest absolute Gasteiger partial charge is 0.389 e. The Balaban J connectivity index is 1.78. The Morgan fingerprint density at radius 3 is 2.53 bits per heavy atom. The zero-order chi connectivity index (χ0) is 10.9. The summed E-state index contributed by atoms with van der Waals surface area (Å²) in [7, 11) is 0. The van der Waals surface area contributed by atoms with E-state index in [1.54, 1.807) is 0 Å². The molecule has 0 spiro atoms. The second kappa shape index (κ2) is 4.40. The maximum absolute atomic E-state index is 10.2. The van der Waals surface area contributed by atoms with Crippen LogP contribution in [0.5, 0.6) is 0 Å². The van der Waals surface area contributed by atoms with Crippen molar-refractivity contribution in [3.8, 4) is 0 Å². The van der Waals surface area contributed by atoms with Crippen molar-refractivity contribution < 1.29 is 9.84 Å². The maximum Gasteiger partial charge on any atom is 0.0766 e. The first-order valence-electron chi connectivity index (χ1n) is 6.28. The molecule has 0 saturated carbocycles. The smallest absolute Gasteiger partial charge is 0.0766 e. The number of hydrogen-bond donors (Lipinski definition) is 2. The van der Waals surface area contributed by atoms with Gasteiger partial charge >= 0.3 is 0 Å². The highest BCUT2D eigenvalue weighted by molar-refractivity contribution is 4.95. The molecule has 0 aromatic carbocycles. The van der Waals surface area contributed by atoms with Crippen LogP contribution in [0.1, 0.15) is 46.0 Å². The fraction of sp³-hybridized carbons (Fsp3) is 1.00. The molecule has 2 aliphatic heterocycles. The summed E-state index contributed by atoms with van der Waals surface area (Å²) < 4.78 is 5.77. The van der Waals surface area contributed by atoms with Crippen molar-refractivity contribution in [1.29, 1.82) is 0 Å². The van der Waals surface area contributed by atoms with Gasteiger partial charge in [0.15, 0.2) is 0 Å². The Morgan fingerprint density at radius 1 is 1.33 bits per heavy atom. The minimum atomic E-state index is -0.526. The van der Waals surface area contributed by atoms with Gasteiger partial charge in [0.25, 0.3) is 0 Å². The van der Waals surface area contributed by atoms with Gasteiger partial charge in [0.2, 0.25) is 0 Å². The van der Waals surface area contributed by atoms with Crippen LogP contribution < -0.4 is 5.32 Å².